The van der Waals surface area contributed by atoms with Gasteiger partial charge in [-0.1, -0.05) is 42.5 Å². The molecule has 34 heavy (non-hydrogen) atoms. The van der Waals surface area contributed by atoms with Crippen molar-refractivity contribution < 1.29 is 38.3 Å². The lowest BCUT2D eigenvalue weighted by atomic mass is 9.94. The number of halogens is 3. The van der Waals surface area contributed by atoms with Gasteiger partial charge in [0.15, 0.2) is 0 Å². The highest BCUT2D eigenvalue weighted by Gasteiger charge is 2.40. The summed E-state index contributed by atoms with van der Waals surface area (Å²) in [5.41, 5.74) is 0.411. The quantitative estimate of drug-likeness (QED) is 0.389. The number of aliphatic hydroxyl groups is 4. The summed E-state index contributed by atoms with van der Waals surface area (Å²) in [5, 5.41) is 39.1. The molecule has 0 saturated carbocycles. The molecule has 1 heterocycles. The number of β-amino-alcohol motifs (C(OH)–C–C–N with tert-alkyl or cyclic N) is 1. The highest BCUT2D eigenvalue weighted by molar-refractivity contribution is 5.68. The summed E-state index contributed by atoms with van der Waals surface area (Å²) >= 11 is 0. The average Bonchev–Trinajstić information content (AvgIpc) is 2.82. The molecular weight excluding hydrogens is 451 g/mol. The molecule has 0 bridgehead atoms. The van der Waals surface area contributed by atoms with Crippen LogP contribution in [0.3, 0.4) is 0 Å². The van der Waals surface area contributed by atoms with E-state index in [0.29, 0.717) is 30.7 Å². The molecule has 188 valence electrons. The standard InChI is InChI=1S/C25H32F3NO5/c26-25(27,28)20-13-17(9-10-19(20)18-7-3-1-4-8-18)16-34-12-6-2-5-11-29-14-22(31)24(33)23(32)21(29)15-30/h1,3-4,7-10,13,21-24,30-33H,2,5-6,11-12,14-16H2/t21-,22+,23+,24-/m1/s1. The third kappa shape index (κ3) is 6.78. The molecule has 9 heteroatoms. The third-order valence-electron chi connectivity index (χ3n) is 6.19. The predicted molar refractivity (Wildman–Crippen MR) is 121 cm³/mol. The Morgan fingerprint density at radius 2 is 1.68 bits per heavy atom. The summed E-state index contributed by atoms with van der Waals surface area (Å²) < 4.78 is 46.4. The summed E-state index contributed by atoms with van der Waals surface area (Å²) in [7, 11) is 0. The zero-order valence-corrected chi connectivity index (χ0v) is 18.9. The maximum absolute atomic E-state index is 13.6. The maximum atomic E-state index is 13.6. The van der Waals surface area contributed by atoms with Crippen LogP contribution < -0.4 is 0 Å². The lowest BCUT2D eigenvalue weighted by Gasteiger charge is -2.43. The first-order chi connectivity index (χ1) is 16.2. The second-order valence-electron chi connectivity index (χ2n) is 8.65. The highest BCUT2D eigenvalue weighted by atomic mass is 19.4. The van der Waals surface area contributed by atoms with E-state index in [9.17, 15) is 33.6 Å². The summed E-state index contributed by atoms with van der Waals surface area (Å²) in [6.45, 7) is 0.835. The smallest absolute Gasteiger partial charge is 0.395 e. The van der Waals surface area contributed by atoms with Gasteiger partial charge in [-0.05, 0) is 48.6 Å². The van der Waals surface area contributed by atoms with Crippen LogP contribution in [0.15, 0.2) is 48.5 Å². The fourth-order valence-electron chi connectivity index (χ4n) is 4.31. The molecule has 0 aromatic heterocycles. The van der Waals surface area contributed by atoms with Crippen molar-refractivity contribution in [2.75, 3.05) is 26.3 Å². The number of unbranched alkanes of at least 4 members (excludes halogenated alkanes) is 2. The maximum Gasteiger partial charge on any atom is 0.417 e. The van der Waals surface area contributed by atoms with E-state index in [1.165, 1.54) is 6.07 Å². The van der Waals surface area contributed by atoms with Gasteiger partial charge in [-0.25, -0.2) is 0 Å². The largest absolute Gasteiger partial charge is 0.417 e. The zero-order valence-electron chi connectivity index (χ0n) is 18.9. The third-order valence-corrected chi connectivity index (χ3v) is 6.19. The summed E-state index contributed by atoms with van der Waals surface area (Å²) in [6.07, 6.45) is -5.85. The monoisotopic (exact) mass is 483 g/mol. The van der Waals surface area contributed by atoms with Gasteiger partial charge in [0.25, 0.3) is 0 Å². The van der Waals surface area contributed by atoms with Gasteiger partial charge in [0.05, 0.1) is 30.9 Å². The van der Waals surface area contributed by atoms with E-state index in [0.717, 1.165) is 18.9 Å². The molecule has 2 aromatic carbocycles. The summed E-state index contributed by atoms with van der Waals surface area (Å²) in [4.78, 5) is 1.76. The van der Waals surface area contributed by atoms with E-state index in [2.05, 4.69) is 0 Å². The van der Waals surface area contributed by atoms with Crippen molar-refractivity contribution in [3.05, 3.63) is 59.7 Å². The first-order valence-corrected chi connectivity index (χ1v) is 11.4. The van der Waals surface area contributed by atoms with Crippen LogP contribution in [-0.2, 0) is 17.5 Å². The van der Waals surface area contributed by atoms with Crippen molar-refractivity contribution in [2.45, 2.75) is 56.4 Å². The molecule has 0 aliphatic carbocycles. The Kier molecular flexibility index (Phi) is 9.47. The van der Waals surface area contributed by atoms with Crippen LogP contribution >= 0.6 is 0 Å². The van der Waals surface area contributed by atoms with Gasteiger partial charge in [-0.2, -0.15) is 13.2 Å². The molecule has 0 radical (unpaired) electrons. The van der Waals surface area contributed by atoms with E-state index in [4.69, 9.17) is 4.74 Å². The van der Waals surface area contributed by atoms with Crippen molar-refractivity contribution >= 4 is 0 Å². The van der Waals surface area contributed by atoms with Gasteiger partial charge in [0, 0.05) is 13.2 Å². The molecule has 1 saturated heterocycles. The molecule has 3 rings (SSSR count). The number of piperidine rings is 1. The van der Waals surface area contributed by atoms with E-state index in [1.807, 2.05) is 0 Å². The van der Waals surface area contributed by atoms with Crippen molar-refractivity contribution in [1.29, 1.82) is 0 Å². The number of aliphatic hydroxyl groups excluding tert-OH is 4. The van der Waals surface area contributed by atoms with Crippen LogP contribution in [0.1, 0.15) is 30.4 Å². The van der Waals surface area contributed by atoms with Crippen molar-refractivity contribution in [3.63, 3.8) is 0 Å². The minimum absolute atomic E-state index is 0.0765. The second-order valence-corrected chi connectivity index (χ2v) is 8.65. The molecular formula is C25H32F3NO5. The number of nitrogens with zero attached hydrogens (tertiary/aromatic N) is 1. The fraction of sp³-hybridized carbons (Fsp3) is 0.520. The number of rotatable bonds is 10. The first kappa shape index (κ1) is 26.6. The van der Waals surface area contributed by atoms with Crippen molar-refractivity contribution in [1.82, 2.24) is 4.90 Å². The van der Waals surface area contributed by atoms with Crippen LogP contribution in [0.2, 0.25) is 0 Å². The Balaban J connectivity index is 1.44. The number of ether oxygens (including phenoxy) is 1. The first-order valence-electron chi connectivity index (χ1n) is 11.4. The van der Waals surface area contributed by atoms with Gasteiger partial charge >= 0.3 is 6.18 Å². The molecule has 6 nitrogen and oxygen atoms in total. The molecule has 1 aliphatic heterocycles. The molecule has 0 spiro atoms. The Morgan fingerprint density at radius 3 is 2.35 bits per heavy atom. The second kappa shape index (κ2) is 12.1. The van der Waals surface area contributed by atoms with E-state index in [1.54, 1.807) is 41.3 Å². The Morgan fingerprint density at radius 1 is 0.941 bits per heavy atom. The van der Waals surface area contributed by atoms with Crippen LogP contribution in [0.4, 0.5) is 13.2 Å². The Bertz CT molecular complexity index is 896. The van der Waals surface area contributed by atoms with Crippen LogP contribution in [-0.4, -0.2) is 76.0 Å². The molecule has 0 unspecified atom stereocenters. The average molecular weight is 484 g/mol. The molecule has 2 aromatic rings. The SMILES string of the molecule is OC[C@@H]1[C@H](O)[C@H](O)[C@@H](O)CN1CCCCCOCc1ccc(-c2ccccc2)c(C(F)(F)F)c1. The van der Waals surface area contributed by atoms with Crippen LogP contribution in [0.25, 0.3) is 11.1 Å². The molecule has 4 atom stereocenters. The number of likely N-dealkylation sites (tertiary alicyclic amines) is 1. The van der Waals surface area contributed by atoms with Gasteiger partial charge in [-0.15, -0.1) is 0 Å². The van der Waals surface area contributed by atoms with Gasteiger partial charge in [0.2, 0.25) is 0 Å². The van der Waals surface area contributed by atoms with E-state index >= 15 is 0 Å². The molecule has 1 aliphatic rings. The Labute approximate surface area is 197 Å². The number of benzene rings is 2. The van der Waals surface area contributed by atoms with Crippen LogP contribution in [0, 0.1) is 0 Å². The van der Waals surface area contributed by atoms with Crippen molar-refractivity contribution in [3.8, 4) is 11.1 Å². The van der Waals surface area contributed by atoms with Crippen LogP contribution in [0.5, 0.6) is 0 Å². The highest BCUT2D eigenvalue weighted by Crippen LogP contribution is 2.37. The zero-order chi connectivity index (χ0) is 24.7. The lowest BCUT2D eigenvalue weighted by molar-refractivity contribution is -0.145. The number of hydrogen-bond donors (Lipinski definition) is 4. The predicted octanol–water partition coefficient (Wildman–Crippen LogP) is 2.82. The minimum atomic E-state index is -4.47. The molecule has 0 amide bonds. The topological polar surface area (TPSA) is 93.4 Å². The Hall–Kier alpha value is -2.01. The van der Waals surface area contributed by atoms with E-state index < -0.39 is 36.1 Å². The molecule has 4 N–H and O–H groups in total. The summed E-state index contributed by atoms with van der Waals surface area (Å²) in [6, 6.07) is 12.1. The van der Waals surface area contributed by atoms with Gasteiger partial charge in [0.1, 0.15) is 12.2 Å². The lowest BCUT2D eigenvalue weighted by Crippen LogP contribution is -2.62. The van der Waals surface area contributed by atoms with Crippen molar-refractivity contribution in [2.24, 2.45) is 0 Å². The van der Waals surface area contributed by atoms with E-state index in [-0.39, 0.29) is 25.3 Å². The number of hydrogen-bond acceptors (Lipinski definition) is 6. The van der Waals surface area contributed by atoms with Gasteiger partial charge < -0.3 is 25.2 Å². The fourth-order valence-corrected chi connectivity index (χ4v) is 4.31. The number of alkyl halides is 3. The normalized spacial score (nSPS) is 23.9. The summed E-state index contributed by atoms with van der Waals surface area (Å²) in [5.74, 6) is 0. The van der Waals surface area contributed by atoms with Gasteiger partial charge in [-0.3, -0.25) is 4.90 Å². The minimum Gasteiger partial charge on any atom is -0.395 e. The molecule has 1 fully saturated rings.